The van der Waals surface area contributed by atoms with Crippen LogP contribution in [0.1, 0.15) is 34.1 Å². The van der Waals surface area contributed by atoms with Gasteiger partial charge in [0.15, 0.2) is 0 Å². The van der Waals surface area contributed by atoms with Crippen molar-refractivity contribution in [3.05, 3.63) is 0 Å². The molecule has 0 saturated carbocycles. The first-order chi connectivity index (χ1) is 9.11. The number of primary amides is 1. The van der Waals surface area contributed by atoms with Crippen molar-refractivity contribution in [2.75, 3.05) is 6.61 Å². The third-order valence-electron chi connectivity index (χ3n) is 4.17. The van der Waals surface area contributed by atoms with E-state index in [4.69, 9.17) is 10.5 Å². The summed E-state index contributed by atoms with van der Waals surface area (Å²) in [5.41, 5.74) is 4.58. The minimum absolute atomic E-state index is 0.0832. The minimum Gasteiger partial charge on any atom is -0.394 e. The Bertz CT molecular complexity index is 344. The summed E-state index contributed by atoms with van der Waals surface area (Å²) in [5, 5.41) is 29.5. The smallest absolute Gasteiger partial charge is 0.223 e. The van der Waals surface area contributed by atoms with Gasteiger partial charge in [-0.15, -0.1) is 0 Å². The summed E-state index contributed by atoms with van der Waals surface area (Å²) >= 11 is 0. The number of hydrogen-bond donors (Lipinski definition) is 4. The van der Waals surface area contributed by atoms with Crippen LogP contribution in [0.15, 0.2) is 0 Å². The Balaban J connectivity index is 2.97. The predicted octanol–water partition coefficient (Wildman–Crippen LogP) is -0.358. The summed E-state index contributed by atoms with van der Waals surface area (Å²) < 4.78 is 5.71. The Kier molecular flexibility index (Phi) is 5.54. The van der Waals surface area contributed by atoms with Crippen molar-refractivity contribution < 1.29 is 24.9 Å². The van der Waals surface area contributed by atoms with E-state index in [1.54, 1.807) is 13.8 Å². The Labute approximate surface area is 119 Å². The van der Waals surface area contributed by atoms with Crippen molar-refractivity contribution in [3.63, 3.8) is 0 Å². The summed E-state index contributed by atoms with van der Waals surface area (Å²) in [6, 6.07) is 0. The molecule has 1 amide bonds. The Morgan fingerprint density at radius 1 is 1.30 bits per heavy atom. The lowest BCUT2D eigenvalue weighted by molar-refractivity contribution is -0.223. The molecular formula is C14H27NO5. The van der Waals surface area contributed by atoms with E-state index in [1.165, 1.54) is 0 Å². The number of carbonyl (C=O) groups is 1. The summed E-state index contributed by atoms with van der Waals surface area (Å²) in [7, 11) is 0. The Morgan fingerprint density at radius 2 is 1.85 bits per heavy atom. The molecule has 1 saturated heterocycles. The monoisotopic (exact) mass is 289 g/mol. The van der Waals surface area contributed by atoms with E-state index in [9.17, 15) is 20.1 Å². The average Bonchev–Trinajstić information content (AvgIpc) is 2.34. The second-order valence-electron chi connectivity index (χ2n) is 6.66. The van der Waals surface area contributed by atoms with Crippen molar-refractivity contribution in [3.8, 4) is 0 Å². The quantitative estimate of drug-likeness (QED) is 0.552. The van der Waals surface area contributed by atoms with Gasteiger partial charge in [-0.25, -0.2) is 0 Å². The van der Waals surface area contributed by atoms with Gasteiger partial charge < -0.3 is 25.8 Å². The molecule has 1 aliphatic rings. The fourth-order valence-electron chi connectivity index (χ4n) is 2.78. The zero-order chi connectivity index (χ0) is 15.7. The maximum absolute atomic E-state index is 11.5. The number of rotatable bonds is 5. The standard InChI is InChI=1S/C14H27NO5/c1-7(2)12-8(5-14(3,4)13(15)19)10(17)11(18)9(6-16)20-12/h7-12,16-18H,5-6H2,1-4H3,(H2,15,19)/t8-,9-,10-,11-,12+/m1/s1. The van der Waals surface area contributed by atoms with Crippen LogP contribution in [0.2, 0.25) is 0 Å². The van der Waals surface area contributed by atoms with Crippen LogP contribution in [-0.2, 0) is 9.53 Å². The molecule has 5 atom stereocenters. The van der Waals surface area contributed by atoms with Gasteiger partial charge in [0.1, 0.15) is 12.2 Å². The van der Waals surface area contributed by atoms with E-state index >= 15 is 0 Å². The van der Waals surface area contributed by atoms with E-state index in [0.717, 1.165) is 0 Å². The highest BCUT2D eigenvalue weighted by Gasteiger charge is 2.47. The second kappa shape index (κ2) is 6.39. The number of hydrogen-bond acceptors (Lipinski definition) is 5. The summed E-state index contributed by atoms with van der Waals surface area (Å²) in [6.07, 6.45) is -3.04. The maximum atomic E-state index is 11.5. The van der Waals surface area contributed by atoms with Crippen LogP contribution in [0.3, 0.4) is 0 Å². The van der Waals surface area contributed by atoms with E-state index in [0.29, 0.717) is 6.42 Å². The van der Waals surface area contributed by atoms with Crippen LogP contribution in [0.5, 0.6) is 0 Å². The van der Waals surface area contributed by atoms with Gasteiger partial charge in [0.25, 0.3) is 0 Å². The summed E-state index contributed by atoms with van der Waals surface area (Å²) in [5.74, 6) is -0.777. The maximum Gasteiger partial charge on any atom is 0.223 e. The van der Waals surface area contributed by atoms with Gasteiger partial charge >= 0.3 is 0 Å². The number of ether oxygens (including phenoxy) is 1. The first-order valence-electron chi connectivity index (χ1n) is 7.04. The molecular weight excluding hydrogens is 262 g/mol. The molecule has 1 rings (SSSR count). The molecule has 0 bridgehead atoms. The summed E-state index contributed by atoms with van der Waals surface area (Å²) in [4.78, 5) is 11.5. The van der Waals surface area contributed by atoms with E-state index in [-0.39, 0.29) is 18.6 Å². The predicted molar refractivity (Wildman–Crippen MR) is 73.7 cm³/mol. The molecule has 6 heteroatoms. The molecule has 0 aromatic heterocycles. The Hall–Kier alpha value is -0.690. The molecule has 6 nitrogen and oxygen atoms in total. The lowest BCUT2D eigenvalue weighted by atomic mass is 9.72. The third-order valence-corrected chi connectivity index (χ3v) is 4.17. The van der Waals surface area contributed by atoms with Crippen LogP contribution in [-0.4, -0.2) is 52.2 Å². The van der Waals surface area contributed by atoms with Gasteiger partial charge in [-0.05, 0) is 12.3 Å². The van der Waals surface area contributed by atoms with Crippen molar-refractivity contribution in [2.45, 2.75) is 58.5 Å². The van der Waals surface area contributed by atoms with Crippen LogP contribution in [0.4, 0.5) is 0 Å². The first-order valence-corrected chi connectivity index (χ1v) is 7.04. The van der Waals surface area contributed by atoms with E-state index < -0.39 is 35.6 Å². The number of carbonyl (C=O) groups excluding carboxylic acids is 1. The molecule has 0 radical (unpaired) electrons. The topological polar surface area (TPSA) is 113 Å². The van der Waals surface area contributed by atoms with Gasteiger partial charge in [-0.1, -0.05) is 27.7 Å². The van der Waals surface area contributed by atoms with Gasteiger partial charge in [0, 0.05) is 11.3 Å². The second-order valence-corrected chi connectivity index (χ2v) is 6.66. The lowest BCUT2D eigenvalue weighted by Gasteiger charge is -2.46. The van der Waals surface area contributed by atoms with Gasteiger partial charge in [-0.3, -0.25) is 4.79 Å². The molecule has 0 unspecified atom stereocenters. The zero-order valence-electron chi connectivity index (χ0n) is 12.6. The van der Waals surface area contributed by atoms with Crippen molar-refractivity contribution >= 4 is 5.91 Å². The highest BCUT2D eigenvalue weighted by Crippen LogP contribution is 2.38. The molecule has 0 aromatic carbocycles. The highest BCUT2D eigenvalue weighted by atomic mass is 16.5. The zero-order valence-corrected chi connectivity index (χ0v) is 12.6. The fourth-order valence-corrected chi connectivity index (χ4v) is 2.78. The highest BCUT2D eigenvalue weighted by molar-refractivity contribution is 5.79. The third kappa shape index (κ3) is 3.49. The molecule has 20 heavy (non-hydrogen) atoms. The molecule has 1 heterocycles. The molecule has 118 valence electrons. The number of aliphatic hydroxyl groups is 3. The largest absolute Gasteiger partial charge is 0.394 e. The average molecular weight is 289 g/mol. The normalized spacial score (nSPS) is 35.3. The molecule has 0 aliphatic carbocycles. The minimum atomic E-state index is -1.16. The summed E-state index contributed by atoms with van der Waals surface area (Å²) in [6.45, 7) is 6.95. The van der Waals surface area contributed by atoms with Gasteiger partial charge in [0.2, 0.25) is 5.91 Å². The number of aliphatic hydroxyl groups excluding tert-OH is 3. The fraction of sp³-hybridized carbons (Fsp3) is 0.929. The van der Waals surface area contributed by atoms with Gasteiger partial charge in [0.05, 0.1) is 18.8 Å². The van der Waals surface area contributed by atoms with Crippen LogP contribution in [0, 0.1) is 17.3 Å². The van der Waals surface area contributed by atoms with Gasteiger partial charge in [-0.2, -0.15) is 0 Å². The van der Waals surface area contributed by atoms with Crippen molar-refractivity contribution in [1.82, 2.24) is 0 Å². The molecule has 5 N–H and O–H groups in total. The lowest BCUT2D eigenvalue weighted by Crippen LogP contribution is -2.58. The Morgan fingerprint density at radius 3 is 2.25 bits per heavy atom. The number of amides is 1. The number of nitrogens with two attached hydrogens (primary N) is 1. The van der Waals surface area contributed by atoms with Crippen LogP contribution >= 0.6 is 0 Å². The molecule has 1 aliphatic heterocycles. The van der Waals surface area contributed by atoms with Crippen LogP contribution < -0.4 is 5.73 Å². The molecule has 0 aromatic rings. The first kappa shape index (κ1) is 17.4. The van der Waals surface area contributed by atoms with E-state index in [1.807, 2.05) is 13.8 Å². The molecule has 0 spiro atoms. The molecule has 1 fully saturated rings. The van der Waals surface area contributed by atoms with Crippen molar-refractivity contribution in [1.29, 1.82) is 0 Å². The van der Waals surface area contributed by atoms with E-state index in [2.05, 4.69) is 0 Å². The van der Waals surface area contributed by atoms with Crippen LogP contribution in [0.25, 0.3) is 0 Å². The SMILES string of the molecule is CC(C)[C@@H]1O[C@H](CO)[C@@H](O)[C@H](O)[C@H]1CC(C)(C)C(N)=O. The van der Waals surface area contributed by atoms with Crippen molar-refractivity contribution in [2.24, 2.45) is 23.0 Å².